The summed E-state index contributed by atoms with van der Waals surface area (Å²) in [5.74, 6) is 0.593. The van der Waals surface area contributed by atoms with E-state index in [0.29, 0.717) is 5.92 Å². The average molecular weight is 361 g/mol. The predicted molar refractivity (Wildman–Crippen MR) is 111 cm³/mol. The molecule has 1 unspecified atom stereocenters. The van der Waals surface area contributed by atoms with Crippen LogP contribution in [0.25, 0.3) is 0 Å². The molecule has 2 aromatic rings. The van der Waals surface area contributed by atoms with Crippen LogP contribution in [0.15, 0.2) is 48.5 Å². The fourth-order valence-electron chi connectivity index (χ4n) is 3.11. The van der Waals surface area contributed by atoms with Crippen molar-refractivity contribution in [1.29, 1.82) is 0 Å². The molecule has 0 aromatic heterocycles. The number of halogens is 1. The Morgan fingerprint density at radius 2 is 1.43 bits per heavy atom. The molecule has 3 heteroatoms. The summed E-state index contributed by atoms with van der Waals surface area (Å²) in [6.45, 7) is 14.0. The van der Waals surface area contributed by atoms with E-state index in [0.717, 1.165) is 6.04 Å². The molecule has 0 aliphatic carbocycles. The summed E-state index contributed by atoms with van der Waals surface area (Å²) in [6, 6.07) is 19.0. The average Bonchev–Trinajstić information content (AvgIpc) is 2.46. The van der Waals surface area contributed by atoms with Gasteiger partial charge < -0.3 is 0 Å². The van der Waals surface area contributed by atoms with E-state index in [-0.39, 0.29) is 0 Å². The van der Waals surface area contributed by atoms with Gasteiger partial charge >= 0.3 is 0 Å². The molecule has 0 radical (unpaired) electrons. The van der Waals surface area contributed by atoms with Crippen LogP contribution < -0.4 is 15.6 Å². The van der Waals surface area contributed by atoms with E-state index in [2.05, 4.69) is 88.9 Å². The maximum absolute atomic E-state index is 7.43. The largest absolute Gasteiger partial charge is 0.217 e. The molecule has 0 N–H and O–H groups in total. The molecule has 1 atom stereocenters. The third-order valence-electron chi connectivity index (χ3n) is 4.32. The van der Waals surface area contributed by atoms with Gasteiger partial charge in [-0.05, 0) is 29.3 Å². The first-order chi connectivity index (χ1) is 10.6. The first-order valence-electron chi connectivity index (χ1n) is 8.50. The molecule has 0 heterocycles. The molecule has 0 bridgehead atoms. The maximum atomic E-state index is 7.43. The lowest BCUT2D eigenvalue weighted by Crippen LogP contribution is -2.56. The second kappa shape index (κ2) is 6.96. The molecule has 0 saturated carbocycles. The Labute approximate surface area is 148 Å². The third kappa shape index (κ3) is 4.37. The normalized spacial score (nSPS) is 14.8. The van der Waals surface area contributed by atoms with Crippen molar-refractivity contribution in [3.8, 4) is 0 Å². The molecule has 0 saturated heterocycles. The van der Waals surface area contributed by atoms with Crippen molar-refractivity contribution < 1.29 is 0 Å². The van der Waals surface area contributed by atoms with Gasteiger partial charge in [0, 0.05) is 0 Å². The van der Waals surface area contributed by atoms with E-state index in [1.54, 1.807) is 0 Å². The van der Waals surface area contributed by atoms with Crippen LogP contribution in [0.1, 0.15) is 19.4 Å². The van der Waals surface area contributed by atoms with Crippen LogP contribution in [-0.4, -0.2) is 15.5 Å². The number of aryl methyl sites for hydroxylation is 1. The second-order valence-electron chi connectivity index (χ2n) is 8.10. The van der Waals surface area contributed by atoms with Crippen molar-refractivity contribution in [3.05, 3.63) is 54.1 Å². The minimum atomic E-state index is -2.21. The van der Waals surface area contributed by atoms with Crippen molar-refractivity contribution in [3.63, 3.8) is 0 Å². The summed E-state index contributed by atoms with van der Waals surface area (Å²) in [7, 11) is -3.56. The Bertz CT molecular complexity index is 659. The lowest BCUT2D eigenvalue weighted by Gasteiger charge is -2.30. The van der Waals surface area contributed by atoms with Gasteiger partial charge in [-0.3, -0.25) is 0 Å². The highest BCUT2D eigenvalue weighted by molar-refractivity contribution is 7.34. The van der Waals surface area contributed by atoms with Crippen LogP contribution in [0.3, 0.4) is 0 Å². The topological polar surface area (TPSA) is 0 Å². The smallest absolute Gasteiger partial charge is 0.155 e. The van der Waals surface area contributed by atoms with E-state index in [4.69, 9.17) is 11.1 Å². The van der Waals surface area contributed by atoms with Gasteiger partial charge in [-0.25, -0.2) is 0 Å². The molecule has 124 valence electrons. The fraction of sp³-hybridized carbons (Fsp3) is 0.400. The van der Waals surface area contributed by atoms with Gasteiger partial charge in [0.1, 0.15) is 0 Å². The summed E-state index contributed by atoms with van der Waals surface area (Å²) in [5.41, 5.74) is 1.34. The summed E-state index contributed by atoms with van der Waals surface area (Å²) in [5, 5.41) is 4.24. The number of rotatable bonds is 5. The fourth-order valence-corrected chi connectivity index (χ4v) is 9.63. The Morgan fingerprint density at radius 1 is 0.870 bits per heavy atom. The molecule has 0 nitrogen and oxygen atoms in total. The number of benzene rings is 2. The van der Waals surface area contributed by atoms with Crippen molar-refractivity contribution >= 4 is 42.1 Å². The van der Waals surface area contributed by atoms with E-state index >= 15 is 0 Å². The monoisotopic (exact) mass is 360 g/mol. The molecule has 2 rings (SSSR count). The van der Waals surface area contributed by atoms with E-state index < -0.39 is 15.5 Å². The SMILES string of the molecule is Cc1cc([Si](C)(C)C)cc([Si](Cl)(CC(C)C)c2ccccc2)c1. The zero-order valence-corrected chi connectivity index (χ0v) is 18.0. The van der Waals surface area contributed by atoms with Gasteiger partial charge in [0.05, 0.1) is 8.07 Å². The van der Waals surface area contributed by atoms with E-state index in [1.165, 1.54) is 21.1 Å². The summed E-state index contributed by atoms with van der Waals surface area (Å²) >= 11 is 7.43. The van der Waals surface area contributed by atoms with Crippen LogP contribution in [-0.2, 0) is 0 Å². The summed E-state index contributed by atoms with van der Waals surface area (Å²) in [4.78, 5) is 0. The zero-order valence-electron chi connectivity index (χ0n) is 15.3. The highest BCUT2D eigenvalue weighted by Gasteiger charge is 2.37. The highest BCUT2D eigenvalue weighted by Crippen LogP contribution is 2.22. The number of hydrogen-bond donors (Lipinski definition) is 0. The second-order valence-corrected chi connectivity index (χ2v) is 18.3. The van der Waals surface area contributed by atoms with Crippen LogP contribution in [0.4, 0.5) is 0 Å². The molecular formula is C20H29ClSi2. The first-order valence-corrected chi connectivity index (χ1v) is 15.2. The number of hydrogen-bond acceptors (Lipinski definition) is 0. The third-order valence-corrected chi connectivity index (χ3v) is 11.9. The molecule has 0 spiro atoms. The van der Waals surface area contributed by atoms with Gasteiger partial charge in [-0.15, -0.1) is 0 Å². The lowest BCUT2D eigenvalue weighted by molar-refractivity contribution is 0.728. The molecule has 0 aliphatic heterocycles. The molecule has 2 aromatic carbocycles. The zero-order chi connectivity index (χ0) is 17.3. The Balaban J connectivity index is 2.63. The standard InChI is InChI=1S/C20H29ClSi2/c1-16(2)15-23(21,18-10-8-7-9-11-18)20-13-17(3)12-19(14-20)22(4,5)6/h7-14,16H,15H2,1-6H3. The maximum Gasteiger partial charge on any atom is 0.217 e. The predicted octanol–water partition coefficient (Wildman–Crippen LogP) is 4.49. The van der Waals surface area contributed by atoms with Crippen LogP contribution in [0.2, 0.25) is 25.7 Å². The van der Waals surface area contributed by atoms with Crippen molar-refractivity contribution in [2.24, 2.45) is 5.92 Å². The minimum absolute atomic E-state index is 0.593. The highest BCUT2D eigenvalue weighted by atomic mass is 35.6. The molecular weight excluding hydrogens is 332 g/mol. The molecule has 0 aliphatic rings. The Kier molecular flexibility index (Phi) is 5.60. The summed E-state index contributed by atoms with van der Waals surface area (Å²) < 4.78 is 0. The summed E-state index contributed by atoms with van der Waals surface area (Å²) in [6.07, 6.45) is 0. The van der Waals surface area contributed by atoms with E-state index in [1.807, 2.05) is 0 Å². The molecule has 0 fully saturated rings. The van der Waals surface area contributed by atoms with Crippen LogP contribution in [0.5, 0.6) is 0 Å². The quantitative estimate of drug-likeness (QED) is 0.544. The molecule has 0 amide bonds. The van der Waals surface area contributed by atoms with Gasteiger partial charge in [0.25, 0.3) is 0 Å². The van der Waals surface area contributed by atoms with Crippen molar-refractivity contribution in [1.82, 2.24) is 0 Å². The van der Waals surface area contributed by atoms with Crippen molar-refractivity contribution in [2.75, 3.05) is 0 Å². The minimum Gasteiger partial charge on any atom is -0.155 e. The molecule has 23 heavy (non-hydrogen) atoms. The first kappa shape index (κ1) is 18.5. The van der Waals surface area contributed by atoms with Crippen LogP contribution >= 0.6 is 11.1 Å². The van der Waals surface area contributed by atoms with Gasteiger partial charge in [-0.1, -0.05) is 92.8 Å². The Hall–Kier alpha value is -0.836. The van der Waals surface area contributed by atoms with Crippen LogP contribution in [0, 0.1) is 12.8 Å². The lowest BCUT2D eigenvalue weighted by atomic mass is 10.2. The van der Waals surface area contributed by atoms with Crippen molar-refractivity contribution in [2.45, 2.75) is 46.5 Å². The Morgan fingerprint density at radius 3 is 1.96 bits per heavy atom. The van der Waals surface area contributed by atoms with Gasteiger partial charge in [-0.2, -0.15) is 11.1 Å². The van der Waals surface area contributed by atoms with Gasteiger partial charge in [0.2, 0.25) is 7.38 Å². The van der Waals surface area contributed by atoms with E-state index in [9.17, 15) is 0 Å². The van der Waals surface area contributed by atoms with Gasteiger partial charge in [0.15, 0.2) is 0 Å².